The maximum atomic E-state index is 9.47. The molecule has 1 saturated heterocycles. The van der Waals surface area contributed by atoms with Gasteiger partial charge in [0.05, 0.1) is 0 Å². The Hall–Kier alpha value is 0.270. The molecule has 0 radical (unpaired) electrons. The van der Waals surface area contributed by atoms with Gasteiger partial charge in [-0.15, -0.1) is 0 Å². The van der Waals surface area contributed by atoms with Crippen molar-refractivity contribution in [2.75, 3.05) is 18.1 Å². The fourth-order valence-electron chi connectivity index (χ4n) is 3.00. The van der Waals surface area contributed by atoms with Crippen LogP contribution in [0.4, 0.5) is 0 Å². The third kappa shape index (κ3) is 3.64. The van der Waals surface area contributed by atoms with Crippen LogP contribution in [0.2, 0.25) is 0 Å². The highest BCUT2D eigenvalue weighted by Crippen LogP contribution is 2.25. The van der Waals surface area contributed by atoms with Crippen LogP contribution >= 0.6 is 11.8 Å². The van der Waals surface area contributed by atoms with Gasteiger partial charge in [0.15, 0.2) is 0 Å². The molecule has 0 bridgehead atoms. The molecule has 94 valence electrons. The minimum absolute atomic E-state index is 0.373. The summed E-state index contributed by atoms with van der Waals surface area (Å²) in [4.78, 5) is 0. The van der Waals surface area contributed by atoms with Gasteiger partial charge in [-0.1, -0.05) is 19.3 Å². The zero-order chi connectivity index (χ0) is 11.2. The van der Waals surface area contributed by atoms with Crippen molar-refractivity contribution in [3.63, 3.8) is 0 Å². The Balaban J connectivity index is 1.83. The number of rotatable bonds is 3. The summed E-state index contributed by atoms with van der Waals surface area (Å²) < 4.78 is 0. The van der Waals surface area contributed by atoms with Gasteiger partial charge in [-0.25, -0.2) is 0 Å². The molecule has 3 atom stereocenters. The van der Waals surface area contributed by atoms with Crippen molar-refractivity contribution in [2.24, 2.45) is 5.92 Å². The fraction of sp³-hybridized carbons (Fsp3) is 1.00. The SMILES string of the molecule is OC[C@@H]1CCCCC[C@H]1N[C@@H]1CCCSC1. The van der Waals surface area contributed by atoms with E-state index in [1.807, 2.05) is 0 Å². The van der Waals surface area contributed by atoms with E-state index in [0.29, 0.717) is 24.6 Å². The van der Waals surface area contributed by atoms with Gasteiger partial charge in [0.2, 0.25) is 0 Å². The van der Waals surface area contributed by atoms with E-state index in [1.54, 1.807) is 0 Å². The highest BCUT2D eigenvalue weighted by Gasteiger charge is 2.25. The Labute approximate surface area is 104 Å². The maximum absolute atomic E-state index is 9.47. The molecular formula is C13H25NOS. The lowest BCUT2D eigenvalue weighted by atomic mass is 9.94. The molecule has 16 heavy (non-hydrogen) atoms. The third-order valence-corrected chi connectivity index (χ3v) is 5.22. The van der Waals surface area contributed by atoms with E-state index in [9.17, 15) is 5.11 Å². The molecule has 0 unspecified atom stereocenters. The van der Waals surface area contributed by atoms with Crippen molar-refractivity contribution in [2.45, 2.75) is 57.0 Å². The van der Waals surface area contributed by atoms with Crippen LogP contribution in [0.25, 0.3) is 0 Å². The molecule has 0 spiro atoms. The van der Waals surface area contributed by atoms with E-state index in [4.69, 9.17) is 0 Å². The molecular weight excluding hydrogens is 218 g/mol. The molecule has 1 saturated carbocycles. The summed E-state index contributed by atoms with van der Waals surface area (Å²) in [5, 5.41) is 13.3. The first kappa shape index (κ1) is 12.7. The molecule has 1 aliphatic heterocycles. The quantitative estimate of drug-likeness (QED) is 0.747. The number of hydrogen-bond acceptors (Lipinski definition) is 3. The summed E-state index contributed by atoms with van der Waals surface area (Å²) in [6.45, 7) is 0.373. The van der Waals surface area contributed by atoms with Gasteiger partial charge < -0.3 is 10.4 Å². The molecule has 2 fully saturated rings. The van der Waals surface area contributed by atoms with E-state index in [1.165, 1.54) is 56.5 Å². The summed E-state index contributed by atoms with van der Waals surface area (Å²) in [5.74, 6) is 3.12. The Morgan fingerprint density at radius 3 is 2.69 bits per heavy atom. The van der Waals surface area contributed by atoms with Gasteiger partial charge in [-0.3, -0.25) is 0 Å². The van der Waals surface area contributed by atoms with Crippen LogP contribution in [0.15, 0.2) is 0 Å². The van der Waals surface area contributed by atoms with Crippen LogP contribution in [0.3, 0.4) is 0 Å². The van der Waals surface area contributed by atoms with Crippen molar-refractivity contribution in [3.8, 4) is 0 Å². The molecule has 2 nitrogen and oxygen atoms in total. The molecule has 1 aliphatic carbocycles. The van der Waals surface area contributed by atoms with Crippen molar-refractivity contribution in [3.05, 3.63) is 0 Å². The average molecular weight is 243 g/mol. The number of nitrogens with one attached hydrogen (secondary N) is 1. The molecule has 0 aromatic carbocycles. The monoisotopic (exact) mass is 243 g/mol. The molecule has 2 rings (SSSR count). The molecule has 0 aromatic rings. The molecule has 0 aromatic heterocycles. The average Bonchev–Trinajstić information content (AvgIpc) is 2.55. The van der Waals surface area contributed by atoms with Crippen molar-refractivity contribution in [1.82, 2.24) is 5.32 Å². The second kappa shape index (κ2) is 6.87. The summed E-state index contributed by atoms with van der Waals surface area (Å²) in [6, 6.07) is 1.28. The van der Waals surface area contributed by atoms with Crippen LogP contribution in [-0.4, -0.2) is 35.3 Å². The topological polar surface area (TPSA) is 32.3 Å². The van der Waals surface area contributed by atoms with Crippen LogP contribution < -0.4 is 5.32 Å². The molecule has 3 heteroatoms. The Kier molecular flexibility index (Phi) is 5.46. The third-order valence-electron chi connectivity index (χ3n) is 4.00. The van der Waals surface area contributed by atoms with Gasteiger partial charge in [0, 0.05) is 24.4 Å². The smallest absolute Gasteiger partial charge is 0.0474 e. The Morgan fingerprint density at radius 1 is 1.06 bits per heavy atom. The molecule has 2 aliphatic rings. The predicted molar refractivity (Wildman–Crippen MR) is 70.9 cm³/mol. The fourth-order valence-corrected chi connectivity index (χ4v) is 4.08. The summed E-state index contributed by atoms with van der Waals surface area (Å²) in [6.07, 6.45) is 9.19. The second-order valence-electron chi connectivity index (χ2n) is 5.27. The lowest BCUT2D eigenvalue weighted by molar-refractivity contribution is 0.175. The lowest BCUT2D eigenvalue weighted by Crippen LogP contribution is -2.45. The van der Waals surface area contributed by atoms with E-state index in [0.717, 1.165) is 0 Å². The Bertz CT molecular complexity index is 194. The standard InChI is InChI=1S/C13H25NOS/c15-9-11-5-2-1-3-7-13(11)14-12-6-4-8-16-10-12/h11-15H,1-10H2/t11-,12+,13+/m0/s1. The zero-order valence-electron chi connectivity index (χ0n) is 10.2. The van der Waals surface area contributed by atoms with Crippen molar-refractivity contribution >= 4 is 11.8 Å². The number of aliphatic hydroxyl groups is 1. The van der Waals surface area contributed by atoms with E-state index in [-0.39, 0.29) is 0 Å². The first-order valence-corrected chi connectivity index (χ1v) is 8.00. The van der Waals surface area contributed by atoms with Gasteiger partial charge in [-0.05, 0) is 37.4 Å². The van der Waals surface area contributed by atoms with Gasteiger partial charge in [0.25, 0.3) is 0 Å². The normalized spacial score (nSPS) is 36.9. The highest BCUT2D eigenvalue weighted by atomic mass is 32.2. The highest BCUT2D eigenvalue weighted by molar-refractivity contribution is 7.99. The van der Waals surface area contributed by atoms with Gasteiger partial charge in [0.1, 0.15) is 0 Å². The Morgan fingerprint density at radius 2 is 1.94 bits per heavy atom. The van der Waals surface area contributed by atoms with Gasteiger partial charge in [-0.2, -0.15) is 11.8 Å². The number of thioether (sulfide) groups is 1. The van der Waals surface area contributed by atoms with Gasteiger partial charge >= 0.3 is 0 Å². The summed E-state index contributed by atoms with van der Waals surface area (Å²) in [7, 11) is 0. The largest absolute Gasteiger partial charge is 0.396 e. The molecule has 1 heterocycles. The predicted octanol–water partition coefficient (Wildman–Crippen LogP) is 2.41. The van der Waals surface area contributed by atoms with Crippen molar-refractivity contribution < 1.29 is 5.11 Å². The molecule has 2 N–H and O–H groups in total. The first-order chi connectivity index (χ1) is 7.90. The zero-order valence-corrected chi connectivity index (χ0v) is 11.0. The summed E-state index contributed by atoms with van der Waals surface area (Å²) in [5.41, 5.74) is 0. The maximum Gasteiger partial charge on any atom is 0.0474 e. The number of hydrogen-bond donors (Lipinski definition) is 2. The van der Waals surface area contributed by atoms with Crippen LogP contribution in [0.1, 0.15) is 44.9 Å². The van der Waals surface area contributed by atoms with Crippen LogP contribution in [-0.2, 0) is 0 Å². The van der Waals surface area contributed by atoms with Crippen molar-refractivity contribution in [1.29, 1.82) is 0 Å². The molecule has 0 amide bonds. The van der Waals surface area contributed by atoms with Crippen LogP contribution in [0, 0.1) is 5.92 Å². The lowest BCUT2D eigenvalue weighted by Gasteiger charge is -2.31. The van der Waals surface area contributed by atoms with E-state index >= 15 is 0 Å². The van der Waals surface area contributed by atoms with E-state index < -0.39 is 0 Å². The van der Waals surface area contributed by atoms with E-state index in [2.05, 4.69) is 17.1 Å². The minimum atomic E-state index is 0.373. The summed E-state index contributed by atoms with van der Waals surface area (Å²) >= 11 is 2.08. The second-order valence-corrected chi connectivity index (χ2v) is 6.42. The number of aliphatic hydroxyl groups excluding tert-OH is 1. The van der Waals surface area contributed by atoms with Crippen LogP contribution in [0.5, 0.6) is 0 Å². The first-order valence-electron chi connectivity index (χ1n) is 6.85. The minimum Gasteiger partial charge on any atom is -0.396 e.